The van der Waals surface area contributed by atoms with Crippen molar-refractivity contribution in [3.05, 3.63) is 78.1 Å². The first-order valence-corrected chi connectivity index (χ1v) is 10.7. The fraction of sp³-hybridized carbons (Fsp3) is 0.200. The van der Waals surface area contributed by atoms with Gasteiger partial charge in [-0.1, -0.05) is 31.2 Å². The molecule has 3 rings (SSSR count). The molecule has 0 aliphatic carbocycles. The fourth-order valence-electron chi connectivity index (χ4n) is 2.95. The first-order valence-electron chi connectivity index (χ1n) is 9.13. The molecule has 1 heterocycles. The molecule has 8 nitrogen and oxygen atoms in total. The van der Waals surface area contributed by atoms with E-state index in [-0.39, 0.29) is 17.0 Å². The van der Waals surface area contributed by atoms with E-state index < -0.39 is 10.0 Å². The van der Waals surface area contributed by atoms with Gasteiger partial charge in [0, 0.05) is 18.9 Å². The minimum Gasteiger partial charge on any atom is -0.334 e. The first kappa shape index (κ1) is 20.6. The smallest absolute Gasteiger partial charge is 0.315 e. The van der Waals surface area contributed by atoms with Gasteiger partial charge >= 0.3 is 6.03 Å². The van der Waals surface area contributed by atoms with Crippen molar-refractivity contribution in [3.8, 4) is 5.69 Å². The Bertz CT molecular complexity index is 1080. The molecule has 0 aliphatic rings. The highest BCUT2D eigenvalue weighted by atomic mass is 32.2. The van der Waals surface area contributed by atoms with Crippen molar-refractivity contribution < 1.29 is 13.2 Å². The van der Waals surface area contributed by atoms with Crippen molar-refractivity contribution in [2.24, 2.45) is 5.14 Å². The molecule has 4 N–H and O–H groups in total. The van der Waals surface area contributed by atoms with Gasteiger partial charge in [-0.15, -0.1) is 0 Å². The van der Waals surface area contributed by atoms with E-state index in [1.54, 1.807) is 23.0 Å². The molecular formula is C20H23N5O3S. The standard InChI is InChI=1S/C20H23N5O3S/c1-2-19(16-7-4-9-18(13-16)29(21,27)28)24-20(26)22-14-15-6-3-8-17(12-15)25-11-5-10-23-25/h3-13,19H,2,14H2,1H3,(H2,21,27,28)(H2,22,24,26). The molecule has 152 valence electrons. The van der Waals surface area contributed by atoms with Crippen LogP contribution in [0.4, 0.5) is 4.79 Å². The highest BCUT2D eigenvalue weighted by molar-refractivity contribution is 7.89. The zero-order chi connectivity index (χ0) is 20.9. The van der Waals surface area contributed by atoms with Gasteiger partial charge in [0.1, 0.15) is 0 Å². The summed E-state index contributed by atoms with van der Waals surface area (Å²) in [6.45, 7) is 2.25. The SMILES string of the molecule is CCC(NC(=O)NCc1cccc(-n2cccn2)c1)c1cccc(S(N)(=O)=O)c1. The van der Waals surface area contributed by atoms with Gasteiger partial charge in [0.05, 0.1) is 16.6 Å². The molecule has 1 aromatic heterocycles. The van der Waals surface area contributed by atoms with Crippen molar-refractivity contribution in [1.82, 2.24) is 20.4 Å². The summed E-state index contributed by atoms with van der Waals surface area (Å²) in [5.41, 5.74) is 2.51. The number of nitrogens with one attached hydrogen (secondary N) is 2. The highest BCUT2D eigenvalue weighted by Gasteiger charge is 2.15. The lowest BCUT2D eigenvalue weighted by Gasteiger charge is -2.18. The largest absolute Gasteiger partial charge is 0.334 e. The summed E-state index contributed by atoms with van der Waals surface area (Å²) in [4.78, 5) is 12.4. The second-order valence-corrected chi connectivity index (χ2v) is 8.09. The Morgan fingerprint density at radius 3 is 2.66 bits per heavy atom. The predicted octanol–water partition coefficient (Wildman–Crippen LogP) is 2.47. The van der Waals surface area contributed by atoms with Crippen LogP contribution in [0, 0.1) is 0 Å². The number of nitrogens with zero attached hydrogens (tertiary/aromatic N) is 2. The van der Waals surface area contributed by atoms with Crippen LogP contribution in [0.5, 0.6) is 0 Å². The predicted molar refractivity (Wildman–Crippen MR) is 110 cm³/mol. The number of benzene rings is 2. The number of sulfonamides is 1. The summed E-state index contributed by atoms with van der Waals surface area (Å²) < 4.78 is 24.9. The number of urea groups is 1. The maximum absolute atomic E-state index is 12.4. The monoisotopic (exact) mass is 413 g/mol. The average Bonchev–Trinajstić information content (AvgIpc) is 3.25. The lowest BCUT2D eigenvalue weighted by molar-refractivity contribution is 0.236. The Morgan fingerprint density at radius 1 is 1.17 bits per heavy atom. The van der Waals surface area contributed by atoms with Crippen LogP contribution in [0.3, 0.4) is 0 Å². The van der Waals surface area contributed by atoms with Gasteiger partial charge in [0.2, 0.25) is 10.0 Å². The zero-order valence-electron chi connectivity index (χ0n) is 15.9. The van der Waals surface area contributed by atoms with Crippen LogP contribution in [0.25, 0.3) is 5.69 Å². The summed E-state index contributed by atoms with van der Waals surface area (Å²) >= 11 is 0. The maximum atomic E-state index is 12.4. The van der Waals surface area contributed by atoms with E-state index >= 15 is 0 Å². The molecule has 1 atom stereocenters. The molecule has 29 heavy (non-hydrogen) atoms. The van der Waals surface area contributed by atoms with Crippen LogP contribution in [0.1, 0.15) is 30.5 Å². The summed E-state index contributed by atoms with van der Waals surface area (Å²) in [6.07, 6.45) is 4.14. The van der Waals surface area contributed by atoms with Gasteiger partial charge in [-0.25, -0.2) is 23.0 Å². The average molecular weight is 414 g/mol. The van der Waals surface area contributed by atoms with E-state index in [4.69, 9.17) is 5.14 Å². The van der Waals surface area contributed by atoms with Gasteiger partial charge in [-0.2, -0.15) is 5.10 Å². The summed E-state index contributed by atoms with van der Waals surface area (Å²) in [5.74, 6) is 0. The number of primary sulfonamides is 1. The van der Waals surface area contributed by atoms with Crippen LogP contribution in [-0.2, 0) is 16.6 Å². The van der Waals surface area contributed by atoms with Crippen LogP contribution in [0.15, 0.2) is 71.9 Å². The molecule has 0 spiro atoms. The Balaban J connectivity index is 1.63. The van der Waals surface area contributed by atoms with Crippen LogP contribution in [-0.4, -0.2) is 24.2 Å². The summed E-state index contributed by atoms with van der Waals surface area (Å²) in [6, 6.07) is 15.1. The summed E-state index contributed by atoms with van der Waals surface area (Å²) in [7, 11) is -3.80. The van der Waals surface area contributed by atoms with Gasteiger partial charge < -0.3 is 10.6 Å². The molecule has 0 fully saturated rings. The normalized spacial score (nSPS) is 12.3. The number of hydrogen-bond acceptors (Lipinski definition) is 4. The minimum atomic E-state index is -3.80. The van der Waals surface area contributed by atoms with Gasteiger partial charge in [0.15, 0.2) is 0 Å². The minimum absolute atomic E-state index is 0.0195. The number of hydrogen-bond donors (Lipinski definition) is 3. The number of rotatable bonds is 7. The van der Waals surface area contributed by atoms with E-state index in [0.29, 0.717) is 18.5 Å². The third kappa shape index (κ3) is 5.43. The molecule has 0 saturated heterocycles. The number of carbonyl (C=O) groups is 1. The molecular weight excluding hydrogens is 390 g/mol. The quantitative estimate of drug-likeness (QED) is 0.551. The molecule has 3 aromatic rings. The van der Waals surface area contributed by atoms with E-state index in [1.165, 1.54) is 12.1 Å². The first-order chi connectivity index (χ1) is 13.9. The molecule has 0 saturated carbocycles. The second-order valence-electron chi connectivity index (χ2n) is 6.53. The van der Waals surface area contributed by atoms with Crippen LogP contribution in [0.2, 0.25) is 0 Å². The molecule has 0 aliphatic heterocycles. The third-order valence-corrected chi connectivity index (χ3v) is 5.35. The van der Waals surface area contributed by atoms with Crippen molar-refractivity contribution in [2.75, 3.05) is 0 Å². The third-order valence-electron chi connectivity index (χ3n) is 4.44. The number of aromatic nitrogens is 2. The van der Waals surface area contributed by atoms with Crippen molar-refractivity contribution in [1.29, 1.82) is 0 Å². The van der Waals surface area contributed by atoms with E-state index in [2.05, 4.69) is 15.7 Å². The van der Waals surface area contributed by atoms with Gasteiger partial charge in [-0.3, -0.25) is 0 Å². The Labute approximate surface area is 169 Å². The van der Waals surface area contributed by atoms with Gasteiger partial charge in [-0.05, 0) is 47.9 Å². The second kappa shape index (κ2) is 8.89. The maximum Gasteiger partial charge on any atom is 0.315 e. The fourth-order valence-corrected chi connectivity index (χ4v) is 3.52. The zero-order valence-corrected chi connectivity index (χ0v) is 16.8. The van der Waals surface area contributed by atoms with Crippen molar-refractivity contribution in [2.45, 2.75) is 30.8 Å². The number of nitrogens with two attached hydrogens (primary N) is 1. The molecule has 9 heteroatoms. The van der Waals surface area contributed by atoms with E-state index in [9.17, 15) is 13.2 Å². The van der Waals surface area contributed by atoms with Crippen molar-refractivity contribution in [3.63, 3.8) is 0 Å². The van der Waals surface area contributed by atoms with Crippen LogP contribution >= 0.6 is 0 Å². The van der Waals surface area contributed by atoms with Crippen molar-refractivity contribution >= 4 is 16.1 Å². The Hall–Kier alpha value is -3.17. The lowest BCUT2D eigenvalue weighted by Crippen LogP contribution is -2.37. The number of carbonyl (C=O) groups excluding carboxylic acids is 1. The Morgan fingerprint density at radius 2 is 1.97 bits per heavy atom. The number of amides is 2. The van der Waals surface area contributed by atoms with Gasteiger partial charge in [0.25, 0.3) is 0 Å². The molecule has 1 unspecified atom stereocenters. The molecule has 2 amide bonds. The Kier molecular flexibility index (Phi) is 6.30. The molecule has 0 bridgehead atoms. The topological polar surface area (TPSA) is 119 Å². The van der Waals surface area contributed by atoms with E-state index in [1.807, 2.05) is 43.5 Å². The van der Waals surface area contributed by atoms with Crippen LogP contribution < -0.4 is 15.8 Å². The molecule has 2 aromatic carbocycles. The molecule has 0 radical (unpaired) electrons. The summed E-state index contributed by atoms with van der Waals surface area (Å²) in [5, 5.41) is 15.1. The highest BCUT2D eigenvalue weighted by Crippen LogP contribution is 2.19. The lowest BCUT2D eigenvalue weighted by atomic mass is 10.1. The van der Waals surface area contributed by atoms with E-state index in [0.717, 1.165) is 11.3 Å².